The Morgan fingerprint density at radius 1 is 1.08 bits per heavy atom. The van der Waals surface area contributed by atoms with Crippen LogP contribution < -0.4 is 10.9 Å². The van der Waals surface area contributed by atoms with Crippen LogP contribution in [-0.4, -0.2) is 10.5 Å². The number of nitrogens with one attached hydrogen (secondary N) is 1. The Balaban J connectivity index is 1.84. The molecule has 3 rings (SSSR count). The molecule has 126 valence electrons. The summed E-state index contributed by atoms with van der Waals surface area (Å²) in [6, 6.07) is 18.5. The van der Waals surface area contributed by atoms with Crippen molar-refractivity contribution in [2.75, 3.05) is 5.32 Å². The maximum atomic E-state index is 12.6. The van der Waals surface area contributed by atoms with Crippen LogP contribution in [0, 0.1) is 6.92 Å². The molecule has 4 nitrogen and oxygen atoms in total. The van der Waals surface area contributed by atoms with Crippen LogP contribution in [0.15, 0.2) is 76.1 Å². The third kappa shape index (κ3) is 4.25. The van der Waals surface area contributed by atoms with Gasteiger partial charge in [0.25, 0.3) is 11.5 Å². The first-order chi connectivity index (χ1) is 12.0. The molecule has 0 aliphatic heterocycles. The lowest BCUT2D eigenvalue weighted by molar-refractivity contribution is 0.102. The average molecular weight is 397 g/mol. The van der Waals surface area contributed by atoms with Crippen molar-refractivity contribution in [2.45, 2.75) is 13.5 Å². The van der Waals surface area contributed by atoms with E-state index in [-0.39, 0.29) is 11.1 Å². The topological polar surface area (TPSA) is 51.1 Å². The number of amides is 1. The zero-order valence-electron chi connectivity index (χ0n) is 13.7. The van der Waals surface area contributed by atoms with E-state index in [0.29, 0.717) is 12.2 Å². The Kier molecular flexibility index (Phi) is 5.14. The Morgan fingerprint density at radius 3 is 2.56 bits per heavy atom. The minimum absolute atomic E-state index is 0.126. The summed E-state index contributed by atoms with van der Waals surface area (Å²) in [4.78, 5) is 25.1. The molecule has 1 N–H and O–H groups in total. The standard InChI is InChI=1S/C20H17BrN2O2/c1-14-4-2-5-17(12-14)22-19(24)18-6-3-11-23(20(18)25)13-15-7-9-16(21)10-8-15/h2-12H,13H2,1H3,(H,22,24). The van der Waals surface area contributed by atoms with E-state index in [4.69, 9.17) is 0 Å². The molecule has 0 fully saturated rings. The van der Waals surface area contributed by atoms with Crippen LogP contribution in [0.4, 0.5) is 5.69 Å². The fourth-order valence-corrected chi connectivity index (χ4v) is 2.81. The molecule has 0 radical (unpaired) electrons. The summed E-state index contributed by atoms with van der Waals surface area (Å²) in [5, 5.41) is 2.78. The largest absolute Gasteiger partial charge is 0.322 e. The SMILES string of the molecule is Cc1cccc(NC(=O)c2cccn(Cc3ccc(Br)cc3)c2=O)c1. The van der Waals surface area contributed by atoms with Gasteiger partial charge in [-0.15, -0.1) is 0 Å². The van der Waals surface area contributed by atoms with Crippen LogP contribution in [0.1, 0.15) is 21.5 Å². The van der Waals surface area contributed by atoms with Crippen molar-refractivity contribution in [3.05, 3.63) is 98.4 Å². The number of aryl methyl sites for hydroxylation is 1. The smallest absolute Gasteiger partial charge is 0.263 e. The highest BCUT2D eigenvalue weighted by molar-refractivity contribution is 9.10. The predicted molar refractivity (Wildman–Crippen MR) is 103 cm³/mol. The molecule has 1 aromatic heterocycles. The second kappa shape index (κ2) is 7.49. The Morgan fingerprint density at radius 2 is 1.84 bits per heavy atom. The zero-order valence-corrected chi connectivity index (χ0v) is 15.3. The highest BCUT2D eigenvalue weighted by Gasteiger charge is 2.12. The normalized spacial score (nSPS) is 10.5. The number of carbonyl (C=O) groups excluding carboxylic acids is 1. The van der Waals surface area contributed by atoms with Gasteiger partial charge in [0.2, 0.25) is 0 Å². The summed E-state index contributed by atoms with van der Waals surface area (Å²) in [5.41, 5.74) is 2.52. The number of rotatable bonds is 4. The average Bonchev–Trinajstić information content (AvgIpc) is 2.58. The van der Waals surface area contributed by atoms with Crippen LogP contribution in [-0.2, 0) is 6.54 Å². The van der Waals surface area contributed by atoms with Crippen LogP contribution in [0.5, 0.6) is 0 Å². The fourth-order valence-electron chi connectivity index (χ4n) is 2.54. The number of hydrogen-bond donors (Lipinski definition) is 1. The van der Waals surface area contributed by atoms with Crippen molar-refractivity contribution >= 4 is 27.5 Å². The molecule has 1 heterocycles. The number of pyridine rings is 1. The molecule has 5 heteroatoms. The van der Waals surface area contributed by atoms with E-state index in [2.05, 4.69) is 21.2 Å². The predicted octanol–water partition coefficient (Wildman–Crippen LogP) is 4.22. The lowest BCUT2D eigenvalue weighted by Gasteiger charge is -2.09. The van der Waals surface area contributed by atoms with Crippen LogP contribution in [0.3, 0.4) is 0 Å². The molecular formula is C20H17BrN2O2. The maximum absolute atomic E-state index is 12.6. The Labute approximate surface area is 154 Å². The van der Waals surface area contributed by atoms with Crippen molar-refractivity contribution in [3.8, 4) is 0 Å². The van der Waals surface area contributed by atoms with Gasteiger partial charge >= 0.3 is 0 Å². The maximum Gasteiger partial charge on any atom is 0.263 e. The number of aromatic nitrogens is 1. The minimum Gasteiger partial charge on any atom is -0.322 e. The molecule has 2 aromatic carbocycles. The molecule has 0 atom stereocenters. The molecule has 0 aliphatic rings. The summed E-state index contributed by atoms with van der Waals surface area (Å²) >= 11 is 3.39. The first kappa shape index (κ1) is 17.2. The molecular weight excluding hydrogens is 380 g/mol. The van der Waals surface area contributed by atoms with Crippen LogP contribution in [0.2, 0.25) is 0 Å². The summed E-state index contributed by atoms with van der Waals surface area (Å²) in [7, 11) is 0. The molecule has 25 heavy (non-hydrogen) atoms. The van der Waals surface area contributed by atoms with Gasteiger partial charge in [-0.25, -0.2) is 0 Å². The van der Waals surface area contributed by atoms with Crippen molar-refractivity contribution in [1.29, 1.82) is 0 Å². The number of benzene rings is 2. The first-order valence-electron chi connectivity index (χ1n) is 7.85. The number of hydrogen-bond acceptors (Lipinski definition) is 2. The lowest BCUT2D eigenvalue weighted by Crippen LogP contribution is -2.29. The van der Waals surface area contributed by atoms with Gasteiger partial charge in [0, 0.05) is 16.4 Å². The van der Waals surface area contributed by atoms with Crippen molar-refractivity contribution < 1.29 is 4.79 Å². The molecule has 0 saturated heterocycles. The van der Waals surface area contributed by atoms with Gasteiger partial charge in [0.15, 0.2) is 0 Å². The van der Waals surface area contributed by atoms with Crippen molar-refractivity contribution in [2.24, 2.45) is 0 Å². The quantitative estimate of drug-likeness (QED) is 0.717. The highest BCUT2D eigenvalue weighted by atomic mass is 79.9. The number of halogens is 1. The molecule has 0 bridgehead atoms. The Hall–Kier alpha value is -2.66. The first-order valence-corrected chi connectivity index (χ1v) is 8.64. The fraction of sp³-hybridized carbons (Fsp3) is 0.100. The number of nitrogens with zero attached hydrogens (tertiary/aromatic N) is 1. The van der Waals surface area contributed by atoms with Gasteiger partial charge in [0.05, 0.1) is 6.54 Å². The van der Waals surface area contributed by atoms with Crippen molar-refractivity contribution in [1.82, 2.24) is 4.57 Å². The van der Waals surface area contributed by atoms with Gasteiger partial charge in [-0.1, -0.05) is 40.2 Å². The zero-order chi connectivity index (χ0) is 17.8. The van der Waals surface area contributed by atoms with Gasteiger partial charge in [-0.3, -0.25) is 9.59 Å². The highest BCUT2D eigenvalue weighted by Crippen LogP contribution is 2.12. The molecule has 1 amide bonds. The van der Waals surface area contributed by atoms with E-state index in [0.717, 1.165) is 15.6 Å². The van der Waals surface area contributed by atoms with Gasteiger partial charge in [-0.2, -0.15) is 0 Å². The third-order valence-corrected chi connectivity index (χ3v) is 4.34. The monoisotopic (exact) mass is 396 g/mol. The molecule has 0 unspecified atom stereocenters. The second-order valence-electron chi connectivity index (χ2n) is 5.80. The molecule has 0 aliphatic carbocycles. The second-order valence-corrected chi connectivity index (χ2v) is 6.72. The third-order valence-electron chi connectivity index (χ3n) is 3.81. The van der Waals surface area contributed by atoms with Gasteiger partial charge in [0.1, 0.15) is 5.56 Å². The molecule has 0 saturated carbocycles. The van der Waals surface area contributed by atoms with E-state index >= 15 is 0 Å². The van der Waals surface area contributed by atoms with Gasteiger partial charge in [-0.05, 0) is 54.4 Å². The van der Waals surface area contributed by atoms with E-state index in [1.807, 2.05) is 49.4 Å². The summed E-state index contributed by atoms with van der Waals surface area (Å²) in [5.74, 6) is -0.402. The van der Waals surface area contributed by atoms with Crippen LogP contribution >= 0.6 is 15.9 Å². The molecule has 3 aromatic rings. The Bertz CT molecular complexity index is 962. The van der Waals surface area contributed by atoms with E-state index < -0.39 is 5.91 Å². The van der Waals surface area contributed by atoms with E-state index in [9.17, 15) is 9.59 Å². The number of anilines is 1. The molecule has 0 spiro atoms. The minimum atomic E-state index is -0.402. The summed E-state index contributed by atoms with van der Waals surface area (Å²) in [6.07, 6.45) is 1.69. The lowest BCUT2D eigenvalue weighted by atomic mass is 10.2. The summed E-state index contributed by atoms with van der Waals surface area (Å²) in [6.45, 7) is 2.36. The summed E-state index contributed by atoms with van der Waals surface area (Å²) < 4.78 is 2.52. The van der Waals surface area contributed by atoms with E-state index in [1.54, 1.807) is 24.4 Å². The van der Waals surface area contributed by atoms with E-state index in [1.165, 1.54) is 4.57 Å². The number of carbonyl (C=O) groups is 1. The van der Waals surface area contributed by atoms with Gasteiger partial charge < -0.3 is 9.88 Å². The van der Waals surface area contributed by atoms with Crippen molar-refractivity contribution in [3.63, 3.8) is 0 Å². The van der Waals surface area contributed by atoms with Crippen LogP contribution in [0.25, 0.3) is 0 Å².